The highest BCUT2D eigenvalue weighted by Gasteiger charge is 2.44. The zero-order valence-electron chi connectivity index (χ0n) is 21.1. The first-order valence-electron chi connectivity index (χ1n) is 12.5. The second-order valence-electron chi connectivity index (χ2n) is 9.96. The Bertz CT molecular complexity index is 1490. The highest BCUT2D eigenvalue weighted by Crippen LogP contribution is 2.45. The highest BCUT2D eigenvalue weighted by atomic mass is 32.2. The predicted molar refractivity (Wildman–Crippen MR) is 146 cm³/mol. The largest absolute Gasteiger partial charge is 0.481 e. The lowest BCUT2D eigenvalue weighted by Gasteiger charge is -2.43. The standard InChI is InChI=1S/C30H32N2O4S/c1-36-29-26(19-23-18-25(37(2,34)35)13-14-27(23)32-29)28(22-11-7-4-8-12-22)30(33)15-16-31-24(20-30)17-21-9-5-3-6-10-21/h3-14,18-19,24,28,31,33H,15-17,20H2,1-2H3. The van der Waals surface area contributed by atoms with Gasteiger partial charge in [-0.05, 0) is 61.2 Å². The molecule has 192 valence electrons. The van der Waals surface area contributed by atoms with Gasteiger partial charge in [-0.15, -0.1) is 0 Å². The van der Waals surface area contributed by atoms with E-state index in [0.29, 0.717) is 36.2 Å². The summed E-state index contributed by atoms with van der Waals surface area (Å²) in [7, 11) is -1.80. The maximum atomic E-state index is 12.3. The summed E-state index contributed by atoms with van der Waals surface area (Å²) in [5.41, 5.74) is 2.50. The summed E-state index contributed by atoms with van der Waals surface area (Å²) < 4.78 is 30.2. The minimum absolute atomic E-state index is 0.101. The molecule has 1 saturated heterocycles. The Kier molecular flexibility index (Phi) is 7.03. The Morgan fingerprint density at radius 1 is 1.05 bits per heavy atom. The molecule has 1 aliphatic heterocycles. The normalized spacial score (nSPS) is 21.0. The van der Waals surface area contributed by atoms with Crippen LogP contribution >= 0.6 is 0 Å². The summed E-state index contributed by atoms with van der Waals surface area (Å²) in [5.74, 6) is 0.0165. The van der Waals surface area contributed by atoms with Gasteiger partial charge in [-0.2, -0.15) is 0 Å². The van der Waals surface area contributed by atoms with Crippen molar-refractivity contribution in [2.24, 2.45) is 0 Å². The third-order valence-electron chi connectivity index (χ3n) is 7.30. The van der Waals surface area contributed by atoms with Gasteiger partial charge in [0.1, 0.15) is 0 Å². The Morgan fingerprint density at radius 3 is 2.43 bits per heavy atom. The quantitative estimate of drug-likeness (QED) is 0.376. The number of rotatable bonds is 7. The molecule has 6 nitrogen and oxygen atoms in total. The van der Waals surface area contributed by atoms with Crippen LogP contribution in [0.3, 0.4) is 0 Å². The second kappa shape index (κ2) is 10.2. The molecule has 0 spiro atoms. The minimum Gasteiger partial charge on any atom is -0.481 e. The molecular formula is C30H32N2O4S. The van der Waals surface area contributed by atoms with Gasteiger partial charge in [-0.1, -0.05) is 60.7 Å². The van der Waals surface area contributed by atoms with E-state index < -0.39 is 21.4 Å². The average Bonchev–Trinajstić information content (AvgIpc) is 2.88. The number of sulfone groups is 1. The van der Waals surface area contributed by atoms with E-state index in [1.165, 1.54) is 11.8 Å². The third kappa shape index (κ3) is 5.39. The molecule has 0 bridgehead atoms. The Labute approximate surface area is 218 Å². The molecule has 1 aromatic heterocycles. The van der Waals surface area contributed by atoms with Gasteiger partial charge >= 0.3 is 0 Å². The van der Waals surface area contributed by atoms with Gasteiger partial charge in [0.25, 0.3) is 0 Å². The topological polar surface area (TPSA) is 88.5 Å². The average molecular weight is 517 g/mol. The lowest BCUT2D eigenvalue weighted by molar-refractivity contribution is -0.0191. The lowest BCUT2D eigenvalue weighted by Crippen LogP contribution is -2.52. The predicted octanol–water partition coefficient (Wildman–Crippen LogP) is 4.50. The van der Waals surface area contributed by atoms with Gasteiger partial charge in [-0.3, -0.25) is 0 Å². The summed E-state index contributed by atoms with van der Waals surface area (Å²) in [6.45, 7) is 0.679. The van der Waals surface area contributed by atoms with Gasteiger partial charge < -0.3 is 15.2 Å². The summed E-state index contributed by atoms with van der Waals surface area (Å²) >= 11 is 0. The molecule has 2 N–H and O–H groups in total. The Morgan fingerprint density at radius 2 is 1.76 bits per heavy atom. The number of aromatic nitrogens is 1. The van der Waals surface area contributed by atoms with E-state index in [0.717, 1.165) is 17.5 Å². The van der Waals surface area contributed by atoms with Crippen LogP contribution in [0, 0.1) is 0 Å². The molecule has 0 radical (unpaired) electrons. The number of fused-ring (bicyclic) bond motifs is 1. The minimum atomic E-state index is -3.38. The molecule has 1 aliphatic rings. The van der Waals surface area contributed by atoms with Gasteiger partial charge in [0.05, 0.1) is 23.1 Å². The Hall–Kier alpha value is -3.26. The van der Waals surface area contributed by atoms with Crippen molar-refractivity contribution in [3.05, 3.63) is 102 Å². The fourth-order valence-electron chi connectivity index (χ4n) is 5.58. The number of hydrogen-bond acceptors (Lipinski definition) is 6. The fourth-order valence-corrected chi connectivity index (χ4v) is 6.23. The number of ether oxygens (including phenoxy) is 1. The van der Waals surface area contributed by atoms with Crippen molar-refractivity contribution in [1.82, 2.24) is 10.3 Å². The van der Waals surface area contributed by atoms with Crippen LogP contribution in [0.4, 0.5) is 0 Å². The van der Waals surface area contributed by atoms with Crippen molar-refractivity contribution in [3.63, 3.8) is 0 Å². The van der Waals surface area contributed by atoms with Crippen LogP contribution in [0.2, 0.25) is 0 Å². The molecule has 0 saturated carbocycles. The number of pyridine rings is 1. The monoisotopic (exact) mass is 516 g/mol. The van der Waals surface area contributed by atoms with Crippen molar-refractivity contribution in [3.8, 4) is 5.88 Å². The number of piperidine rings is 1. The molecule has 0 aliphatic carbocycles. The number of nitrogens with one attached hydrogen (secondary N) is 1. The second-order valence-corrected chi connectivity index (χ2v) is 12.0. The van der Waals surface area contributed by atoms with E-state index in [9.17, 15) is 13.5 Å². The maximum Gasteiger partial charge on any atom is 0.217 e. The number of aliphatic hydroxyl groups is 1. The summed E-state index contributed by atoms with van der Waals surface area (Å²) in [4.78, 5) is 4.97. The summed E-state index contributed by atoms with van der Waals surface area (Å²) in [6, 6.07) is 27.2. The van der Waals surface area contributed by atoms with Crippen LogP contribution in [-0.2, 0) is 16.3 Å². The van der Waals surface area contributed by atoms with E-state index in [2.05, 4.69) is 17.4 Å². The van der Waals surface area contributed by atoms with Crippen LogP contribution in [0.1, 0.15) is 35.4 Å². The number of benzene rings is 3. The number of hydrogen-bond donors (Lipinski definition) is 2. The first-order valence-corrected chi connectivity index (χ1v) is 14.4. The molecule has 4 aromatic rings. The van der Waals surface area contributed by atoms with Gasteiger partial charge in [0.15, 0.2) is 9.84 Å². The summed E-state index contributed by atoms with van der Waals surface area (Å²) in [5, 5.41) is 16.6. The van der Waals surface area contributed by atoms with E-state index in [1.807, 2.05) is 54.6 Å². The first-order chi connectivity index (χ1) is 17.8. The van der Waals surface area contributed by atoms with Crippen molar-refractivity contribution in [2.45, 2.75) is 41.7 Å². The zero-order chi connectivity index (χ0) is 26.0. The van der Waals surface area contributed by atoms with Gasteiger partial charge in [0, 0.05) is 29.2 Å². The van der Waals surface area contributed by atoms with Crippen LogP contribution in [-0.4, -0.2) is 50.1 Å². The SMILES string of the molecule is COc1nc2ccc(S(C)(=O)=O)cc2cc1C(c1ccccc1)C1(O)CCNC(Cc2ccccc2)C1. The van der Waals surface area contributed by atoms with Crippen molar-refractivity contribution >= 4 is 20.7 Å². The van der Waals surface area contributed by atoms with E-state index in [-0.39, 0.29) is 10.9 Å². The van der Waals surface area contributed by atoms with Gasteiger partial charge in [0.2, 0.25) is 5.88 Å². The highest BCUT2D eigenvalue weighted by molar-refractivity contribution is 7.90. The molecule has 5 rings (SSSR count). The van der Waals surface area contributed by atoms with Crippen LogP contribution in [0.15, 0.2) is 89.8 Å². The molecule has 3 aromatic carbocycles. The van der Waals surface area contributed by atoms with Crippen molar-refractivity contribution in [2.75, 3.05) is 19.9 Å². The van der Waals surface area contributed by atoms with Crippen LogP contribution in [0.25, 0.3) is 10.9 Å². The van der Waals surface area contributed by atoms with E-state index in [1.54, 1.807) is 25.3 Å². The van der Waals surface area contributed by atoms with Crippen molar-refractivity contribution < 1.29 is 18.3 Å². The number of methoxy groups -OCH3 is 1. The van der Waals surface area contributed by atoms with E-state index >= 15 is 0 Å². The molecular weight excluding hydrogens is 484 g/mol. The molecule has 3 atom stereocenters. The molecule has 3 unspecified atom stereocenters. The molecule has 1 fully saturated rings. The molecule has 0 amide bonds. The maximum absolute atomic E-state index is 12.3. The lowest BCUT2D eigenvalue weighted by atomic mass is 9.70. The molecule has 2 heterocycles. The third-order valence-corrected chi connectivity index (χ3v) is 8.41. The fraction of sp³-hybridized carbons (Fsp3) is 0.300. The van der Waals surface area contributed by atoms with E-state index in [4.69, 9.17) is 9.72 Å². The summed E-state index contributed by atoms with van der Waals surface area (Å²) in [6.07, 6.45) is 3.12. The van der Waals surface area contributed by atoms with Crippen LogP contribution in [0.5, 0.6) is 5.88 Å². The first kappa shape index (κ1) is 25.4. The molecule has 7 heteroatoms. The zero-order valence-corrected chi connectivity index (χ0v) is 21.9. The number of nitrogens with zero attached hydrogens (tertiary/aromatic N) is 1. The van der Waals surface area contributed by atoms with Crippen LogP contribution < -0.4 is 10.1 Å². The van der Waals surface area contributed by atoms with Crippen molar-refractivity contribution in [1.29, 1.82) is 0 Å². The smallest absolute Gasteiger partial charge is 0.217 e. The molecule has 37 heavy (non-hydrogen) atoms. The Balaban J connectivity index is 1.62. The van der Waals surface area contributed by atoms with Gasteiger partial charge in [-0.25, -0.2) is 13.4 Å².